The lowest BCUT2D eigenvalue weighted by Gasteiger charge is -2.20. The number of halogens is 3. The molecule has 1 aromatic carbocycles. The summed E-state index contributed by atoms with van der Waals surface area (Å²) >= 11 is 0. The highest BCUT2D eigenvalue weighted by atomic mass is 19.4. The predicted molar refractivity (Wildman–Crippen MR) is 67.7 cm³/mol. The second kappa shape index (κ2) is 6.08. The molecule has 0 bridgehead atoms. The van der Waals surface area contributed by atoms with E-state index in [-0.39, 0.29) is 5.69 Å². The second-order valence-corrected chi connectivity index (χ2v) is 4.52. The van der Waals surface area contributed by atoms with Crippen LogP contribution in [0.4, 0.5) is 24.5 Å². The van der Waals surface area contributed by atoms with E-state index in [4.69, 9.17) is 5.11 Å². The lowest BCUT2D eigenvalue weighted by Crippen LogP contribution is -2.23. The average Bonchev–Trinajstić information content (AvgIpc) is 2.33. The molecule has 1 unspecified atom stereocenters. The summed E-state index contributed by atoms with van der Waals surface area (Å²) in [7, 11) is 1.53. The maximum Gasteiger partial charge on any atom is 0.416 e. The number of rotatable bonds is 5. The van der Waals surface area contributed by atoms with Crippen molar-refractivity contribution in [2.45, 2.75) is 25.6 Å². The van der Waals surface area contributed by atoms with E-state index in [1.807, 2.05) is 0 Å². The van der Waals surface area contributed by atoms with Crippen LogP contribution >= 0.6 is 0 Å². The highest BCUT2D eigenvalue weighted by Gasteiger charge is 2.33. The average molecular weight is 292 g/mol. The zero-order valence-corrected chi connectivity index (χ0v) is 11.0. The molecule has 112 valence electrons. The quantitative estimate of drug-likeness (QED) is 0.669. The Hall–Kier alpha value is -1.83. The Bertz CT molecular complexity index is 489. The van der Waals surface area contributed by atoms with Crippen LogP contribution in [0, 0.1) is 10.1 Å². The first-order valence-electron chi connectivity index (χ1n) is 5.87. The Morgan fingerprint density at radius 1 is 1.45 bits per heavy atom. The van der Waals surface area contributed by atoms with Crippen molar-refractivity contribution in [2.75, 3.05) is 18.5 Å². The normalized spacial score (nSPS) is 13.1. The number of nitro groups is 1. The molecule has 20 heavy (non-hydrogen) atoms. The summed E-state index contributed by atoms with van der Waals surface area (Å²) in [4.78, 5) is 11.5. The first kappa shape index (κ1) is 16.2. The van der Waals surface area contributed by atoms with Gasteiger partial charge in [0, 0.05) is 19.7 Å². The molecular formula is C12H15F3N2O3. The van der Waals surface area contributed by atoms with Crippen molar-refractivity contribution in [3.8, 4) is 0 Å². The van der Waals surface area contributed by atoms with Crippen molar-refractivity contribution < 1.29 is 23.2 Å². The van der Waals surface area contributed by atoms with Gasteiger partial charge in [0.1, 0.15) is 5.69 Å². The van der Waals surface area contributed by atoms with Gasteiger partial charge in [-0.1, -0.05) is 0 Å². The third kappa shape index (κ3) is 4.09. The molecule has 0 aliphatic rings. The third-order valence-electron chi connectivity index (χ3n) is 2.79. The Kier molecular flexibility index (Phi) is 4.93. The zero-order chi connectivity index (χ0) is 15.5. The SMILES string of the molecule is CC(O)CCN(C)c1ccc(C(F)(F)F)cc1[N+](=O)[O-]. The molecule has 5 nitrogen and oxygen atoms in total. The molecule has 0 amide bonds. The summed E-state index contributed by atoms with van der Waals surface area (Å²) in [6.45, 7) is 1.86. The Balaban J connectivity index is 3.10. The first-order valence-corrected chi connectivity index (χ1v) is 5.87. The topological polar surface area (TPSA) is 66.6 Å². The van der Waals surface area contributed by atoms with Gasteiger partial charge < -0.3 is 10.0 Å². The van der Waals surface area contributed by atoms with Crippen LogP contribution in [0.5, 0.6) is 0 Å². The molecule has 0 saturated carbocycles. The van der Waals surface area contributed by atoms with Gasteiger partial charge in [-0.15, -0.1) is 0 Å². The highest BCUT2D eigenvalue weighted by molar-refractivity contribution is 5.64. The van der Waals surface area contributed by atoms with E-state index < -0.39 is 28.5 Å². The molecule has 0 radical (unpaired) electrons. The maximum absolute atomic E-state index is 12.5. The van der Waals surface area contributed by atoms with E-state index in [9.17, 15) is 23.3 Å². The number of benzene rings is 1. The lowest BCUT2D eigenvalue weighted by molar-refractivity contribution is -0.384. The number of hydrogen-bond acceptors (Lipinski definition) is 4. The molecule has 0 spiro atoms. The second-order valence-electron chi connectivity index (χ2n) is 4.52. The molecule has 1 aromatic rings. The zero-order valence-electron chi connectivity index (χ0n) is 11.0. The minimum Gasteiger partial charge on any atom is -0.393 e. The molecule has 8 heteroatoms. The van der Waals surface area contributed by atoms with E-state index >= 15 is 0 Å². The molecule has 0 heterocycles. The van der Waals surface area contributed by atoms with Gasteiger partial charge in [0.25, 0.3) is 5.69 Å². The van der Waals surface area contributed by atoms with E-state index in [2.05, 4.69) is 0 Å². The van der Waals surface area contributed by atoms with Gasteiger partial charge in [-0.3, -0.25) is 10.1 Å². The summed E-state index contributed by atoms with van der Waals surface area (Å²) in [6.07, 6.45) is -4.86. The third-order valence-corrected chi connectivity index (χ3v) is 2.79. The molecule has 0 saturated heterocycles. The Morgan fingerprint density at radius 2 is 2.05 bits per heavy atom. The lowest BCUT2D eigenvalue weighted by atomic mass is 10.1. The van der Waals surface area contributed by atoms with Crippen LogP contribution in [0.15, 0.2) is 18.2 Å². The number of hydrogen-bond donors (Lipinski definition) is 1. The fraction of sp³-hybridized carbons (Fsp3) is 0.500. The van der Waals surface area contributed by atoms with Crippen LogP contribution in [-0.4, -0.2) is 29.7 Å². The molecule has 1 N–H and O–H groups in total. The van der Waals surface area contributed by atoms with Crippen molar-refractivity contribution in [1.29, 1.82) is 0 Å². The largest absolute Gasteiger partial charge is 0.416 e. The minimum absolute atomic E-state index is 0.0867. The van der Waals surface area contributed by atoms with Gasteiger partial charge in [0.05, 0.1) is 16.6 Å². The molecule has 1 atom stereocenters. The van der Waals surface area contributed by atoms with Crippen molar-refractivity contribution in [3.63, 3.8) is 0 Å². The highest BCUT2D eigenvalue weighted by Crippen LogP contribution is 2.36. The summed E-state index contributed by atoms with van der Waals surface area (Å²) in [5.41, 5.74) is -1.58. The standard InChI is InChI=1S/C12H15F3N2O3/c1-8(18)5-6-16(2)10-4-3-9(12(13,14)15)7-11(10)17(19)20/h3-4,7-8,18H,5-6H2,1-2H3. The monoisotopic (exact) mass is 292 g/mol. The van der Waals surface area contributed by atoms with Crippen molar-refractivity contribution >= 4 is 11.4 Å². The number of aliphatic hydroxyl groups excluding tert-OH is 1. The van der Waals surface area contributed by atoms with Gasteiger partial charge in [-0.2, -0.15) is 13.2 Å². The maximum atomic E-state index is 12.5. The predicted octanol–water partition coefficient (Wildman–Crippen LogP) is 2.82. The van der Waals surface area contributed by atoms with Gasteiger partial charge in [-0.05, 0) is 25.5 Å². The van der Waals surface area contributed by atoms with Crippen LogP contribution in [0.1, 0.15) is 18.9 Å². The number of nitrogens with zero attached hydrogens (tertiary/aromatic N) is 2. The van der Waals surface area contributed by atoms with Crippen molar-refractivity contribution in [1.82, 2.24) is 0 Å². The van der Waals surface area contributed by atoms with E-state index in [1.165, 1.54) is 11.9 Å². The van der Waals surface area contributed by atoms with Crippen molar-refractivity contribution in [2.24, 2.45) is 0 Å². The van der Waals surface area contributed by atoms with E-state index in [1.54, 1.807) is 6.92 Å². The smallest absolute Gasteiger partial charge is 0.393 e. The number of nitro benzene ring substituents is 1. The summed E-state index contributed by atoms with van der Waals surface area (Å²) in [5.74, 6) is 0. The van der Waals surface area contributed by atoms with Gasteiger partial charge in [-0.25, -0.2) is 0 Å². The summed E-state index contributed by atoms with van der Waals surface area (Å²) in [6, 6.07) is 2.40. The van der Waals surface area contributed by atoms with Crippen LogP contribution in [0.25, 0.3) is 0 Å². The Morgan fingerprint density at radius 3 is 2.50 bits per heavy atom. The molecular weight excluding hydrogens is 277 g/mol. The van der Waals surface area contributed by atoms with E-state index in [0.717, 1.165) is 12.1 Å². The van der Waals surface area contributed by atoms with Gasteiger partial charge >= 0.3 is 6.18 Å². The van der Waals surface area contributed by atoms with Crippen LogP contribution in [0.3, 0.4) is 0 Å². The van der Waals surface area contributed by atoms with Gasteiger partial charge in [0.15, 0.2) is 0 Å². The van der Waals surface area contributed by atoms with Crippen LogP contribution in [-0.2, 0) is 6.18 Å². The van der Waals surface area contributed by atoms with E-state index in [0.29, 0.717) is 19.0 Å². The molecule has 1 rings (SSSR count). The number of anilines is 1. The summed E-state index contributed by atoms with van der Waals surface area (Å²) < 4.78 is 37.6. The summed E-state index contributed by atoms with van der Waals surface area (Å²) in [5, 5.41) is 20.1. The molecule has 0 aliphatic heterocycles. The Labute approximate surface area is 113 Å². The van der Waals surface area contributed by atoms with Crippen LogP contribution < -0.4 is 4.90 Å². The molecule has 0 aliphatic carbocycles. The molecule has 0 fully saturated rings. The fourth-order valence-electron chi connectivity index (χ4n) is 1.67. The fourth-order valence-corrected chi connectivity index (χ4v) is 1.67. The first-order chi connectivity index (χ1) is 9.12. The van der Waals surface area contributed by atoms with Crippen molar-refractivity contribution in [3.05, 3.63) is 33.9 Å². The van der Waals surface area contributed by atoms with Crippen LogP contribution in [0.2, 0.25) is 0 Å². The minimum atomic E-state index is -4.62. The molecule has 0 aromatic heterocycles. The number of aliphatic hydroxyl groups is 1. The number of alkyl halides is 3. The van der Waals surface area contributed by atoms with Gasteiger partial charge in [0.2, 0.25) is 0 Å².